The molecule has 0 heterocycles. The van der Waals surface area contributed by atoms with E-state index < -0.39 is 5.54 Å². The zero-order valence-electron chi connectivity index (χ0n) is 13.1. The summed E-state index contributed by atoms with van der Waals surface area (Å²) >= 11 is 12.3. The predicted molar refractivity (Wildman–Crippen MR) is 88.0 cm³/mol. The van der Waals surface area contributed by atoms with Crippen LogP contribution in [0.2, 0.25) is 10.0 Å². The first kappa shape index (κ1) is 18.3. The largest absolute Gasteiger partial charge is 0.466 e. The number of esters is 1. The summed E-state index contributed by atoms with van der Waals surface area (Å²) in [5, 5.41) is 1.16. The Morgan fingerprint density at radius 3 is 2.33 bits per heavy atom. The Labute approximate surface area is 137 Å². The molecule has 0 bridgehead atoms. The van der Waals surface area contributed by atoms with Crippen molar-refractivity contribution in [1.29, 1.82) is 0 Å². The fraction of sp³-hybridized carbons (Fsp3) is 0.562. The highest BCUT2D eigenvalue weighted by atomic mass is 35.5. The molecule has 0 aliphatic heterocycles. The third-order valence-electron chi connectivity index (χ3n) is 3.77. The average molecular weight is 332 g/mol. The Balaban J connectivity index is 3.26. The number of rotatable bonds is 7. The first-order valence-corrected chi connectivity index (χ1v) is 8.00. The highest BCUT2D eigenvalue weighted by Crippen LogP contribution is 2.37. The fourth-order valence-electron chi connectivity index (χ4n) is 2.72. The van der Waals surface area contributed by atoms with E-state index in [0.717, 1.165) is 18.7 Å². The smallest absolute Gasteiger partial charge is 0.308 e. The minimum Gasteiger partial charge on any atom is -0.466 e. The molecular weight excluding hydrogens is 309 g/mol. The van der Waals surface area contributed by atoms with Crippen molar-refractivity contribution in [3.05, 3.63) is 33.8 Å². The van der Waals surface area contributed by atoms with Crippen LogP contribution in [0.15, 0.2) is 18.2 Å². The van der Waals surface area contributed by atoms with Gasteiger partial charge in [-0.2, -0.15) is 0 Å². The Kier molecular flexibility index (Phi) is 6.98. The molecule has 0 aliphatic carbocycles. The molecular formula is C16H23Cl2NO2. The lowest BCUT2D eigenvalue weighted by Gasteiger charge is -2.40. The maximum absolute atomic E-state index is 12.0. The quantitative estimate of drug-likeness (QED) is 0.689. The van der Waals surface area contributed by atoms with E-state index in [-0.39, 0.29) is 12.4 Å². The third kappa shape index (κ3) is 4.35. The van der Waals surface area contributed by atoms with Crippen LogP contribution in [0.3, 0.4) is 0 Å². The Hall–Kier alpha value is -0.770. The van der Waals surface area contributed by atoms with E-state index in [1.54, 1.807) is 12.1 Å². The maximum atomic E-state index is 12.0. The van der Waals surface area contributed by atoms with Crippen LogP contribution in [0.5, 0.6) is 0 Å². The van der Waals surface area contributed by atoms with Crippen molar-refractivity contribution in [2.45, 2.75) is 39.7 Å². The number of hydrogen-bond acceptors (Lipinski definition) is 3. The van der Waals surface area contributed by atoms with Crippen molar-refractivity contribution >= 4 is 29.2 Å². The molecule has 0 amide bonds. The molecule has 0 aliphatic rings. The van der Waals surface area contributed by atoms with Gasteiger partial charge in [0.05, 0.1) is 18.6 Å². The van der Waals surface area contributed by atoms with Crippen LogP contribution in [0.25, 0.3) is 0 Å². The Bertz CT molecular complexity index is 489. The first-order chi connectivity index (χ1) is 9.88. The zero-order chi connectivity index (χ0) is 16.0. The second-order valence-corrected chi connectivity index (χ2v) is 5.90. The van der Waals surface area contributed by atoms with Crippen molar-refractivity contribution in [1.82, 2.24) is 4.90 Å². The van der Waals surface area contributed by atoms with Gasteiger partial charge in [-0.05, 0) is 44.6 Å². The minimum atomic E-state index is -0.516. The van der Waals surface area contributed by atoms with Gasteiger partial charge in [-0.15, -0.1) is 0 Å². The summed E-state index contributed by atoms with van der Waals surface area (Å²) in [5.41, 5.74) is 0.377. The van der Waals surface area contributed by atoms with Gasteiger partial charge in [-0.1, -0.05) is 43.1 Å². The summed E-state index contributed by atoms with van der Waals surface area (Å²) in [5.74, 6) is -0.224. The summed E-state index contributed by atoms with van der Waals surface area (Å²) in [6.45, 7) is 9.96. The Morgan fingerprint density at radius 1 is 1.24 bits per heavy atom. The molecule has 1 atom stereocenters. The molecule has 21 heavy (non-hydrogen) atoms. The van der Waals surface area contributed by atoms with Crippen molar-refractivity contribution in [2.24, 2.45) is 0 Å². The van der Waals surface area contributed by atoms with Crippen molar-refractivity contribution < 1.29 is 9.53 Å². The fourth-order valence-corrected chi connectivity index (χ4v) is 3.33. The lowest BCUT2D eigenvalue weighted by molar-refractivity contribution is -0.146. The number of carbonyl (C=O) groups is 1. The van der Waals surface area contributed by atoms with Gasteiger partial charge in [-0.25, -0.2) is 0 Å². The second-order valence-electron chi connectivity index (χ2n) is 5.05. The molecule has 0 radical (unpaired) electrons. The second kappa shape index (κ2) is 8.02. The standard InChI is InChI=1S/C16H23Cl2NO2/c1-5-19(6-2)16(4,11-15(20)21-7-3)13-9-8-12(17)10-14(13)18/h8-10H,5-7,11H2,1-4H3. The number of halogens is 2. The predicted octanol–water partition coefficient (Wildman–Crippen LogP) is 4.50. The van der Waals surface area contributed by atoms with E-state index in [1.807, 2.05) is 19.9 Å². The van der Waals surface area contributed by atoms with Crippen LogP contribution in [-0.2, 0) is 15.1 Å². The molecule has 3 nitrogen and oxygen atoms in total. The zero-order valence-corrected chi connectivity index (χ0v) is 14.6. The van der Waals surface area contributed by atoms with Crippen molar-refractivity contribution in [2.75, 3.05) is 19.7 Å². The summed E-state index contributed by atoms with van der Waals surface area (Å²) in [4.78, 5) is 14.2. The summed E-state index contributed by atoms with van der Waals surface area (Å²) in [6, 6.07) is 5.41. The van der Waals surface area contributed by atoms with E-state index in [1.165, 1.54) is 0 Å². The number of benzene rings is 1. The molecule has 0 N–H and O–H groups in total. The van der Waals surface area contributed by atoms with Gasteiger partial charge in [0.25, 0.3) is 0 Å². The lowest BCUT2D eigenvalue weighted by atomic mass is 9.86. The van der Waals surface area contributed by atoms with Gasteiger partial charge in [0.15, 0.2) is 0 Å². The van der Waals surface area contributed by atoms with Crippen LogP contribution in [0.1, 0.15) is 39.7 Å². The summed E-state index contributed by atoms with van der Waals surface area (Å²) < 4.78 is 5.13. The normalized spacial score (nSPS) is 14.0. The van der Waals surface area contributed by atoms with E-state index >= 15 is 0 Å². The molecule has 1 aromatic carbocycles. The molecule has 5 heteroatoms. The SMILES string of the molecule is CCOC(=O)CC(C)(c1ccc(Cl)cc1Cl)N(CC)CC. The highest BCUT2D eigenvalue weighted by molar-refractivity contribution is 6.35. The first-order valence-electron chi connectivity index (χ1n) is 7.25. The lowest BCUT2D eigenvalue weighted by Crippen LogP contribution is -2.45. The third-order valence-corrected chi connectivity index (χ3v) is 4.31. The molecule has 1 rings (SSSR count). The van der Waals surface area contributed by atoms with Gasteiger partial charge in [0.1, 0.15) is 0 Å². The van der Waals surface area contributed by atoms with E-state index in [4.69, 9.17) is 27.9 Å². The number of hydrogen-bond donors (Lipinski definition) is 0. The van der Waals surface area contributed by atoms with Crippen molar-refractivity contribution in [3.63, 3.8) is 0 Å². The monoisotopic (exact) mass is 331 g/mol. The van der Waals surface area contributed by atoms with Crippen LogP contribution in [0.4, 0.5) is 0 Å². The van der Waals surface area contributed by atoms with Crippen LogP contribution >= 0.6 is 23.2 Å². The summed E-state index contributed by atoms with van der Waals surface area (Å²) in [6.07, 6.45) is 0.254. The molecule has 1 aromatic rings. The Morgan fingerprint density at radius 2 is 1.86 bits per heavy atom. The average Bonchev–Trinajstić information content (AvgIpc) is 2.39. The molecule has 0 spiro atoms. The van der Waals surface area contributed by atoms with E-state index in [2.05, 4.69) is 18.7 Å². The highest BCUT2D eigenvalue weighted by Gasteiger charge is 2.36. The van der Waals surface area contributed by atoms with Crippen LogP contribution in [0, 0.1) is 0 Å². The maximum Gasteiger partial charge on any atom is 0.308 e. The van der Waals surface area contributed by atoms with Crippen LogP contribution in [-0.4, -0.2) is 30.6 Å². The minimum absolute atomic E-state index is 0.224. The number of carbonyl (C=O) groups excluding carboxylic acids is 1. The molecule has 0 aromatic heterocycles. The number of ether oxygens (including phenoxy) is 1. The van der Waals surface area contributed by atoms with Gasteiger partial charge in [0, 0.05) is 10.0 Å². The van der Waals surface area contributed by atoms with Crippen LogP contribution < -0.4 is 0 Å². The topological polar surface area (TPSA) is 29.5 Å². The van der Waals surface area contributed by atoms with Crippen molar-refractivity contribution in [3.8, 4) is 0 Å². The van der Waals surface area contributed by atoms with E-state index in [0.29, 0.717) is 16.7 Å². The molecule has 1 unspecified atom stereocenters. The molecule has 118 valence electrons. The van der Waals surface area contributed by atoms with Gasteiger partial charge in [0.2, 0.25) is 0 Å². The van der Waals surface area contributed by atoms with E-state index in [9.17, 15) is 4.79 Å². The molecule has 0 saturated heterocycles. The van der Waals surface area contributed by atoms with Gasteiger partial charge >= 0.3 is 5.97 Å². The summed E-state index contributed by atoms with van der Waals surface area (Å²) in [7, 11) is 0. The molecule has 0 fully saturated rings. The van der Waals surface area contributed by atoms with Gasteiger partial charge in [-0.3, -0.25) is 9.69 Å². The van der Waals surface area contributed by atoms with Gasteiger partial charge < -0.3 is 4.74 Å². The number of nitrogens with zero attached hydrogens (tertiary/aromatic N) is 1. The molecule has 0 saturated carbocycles.